The van der Waals surface area contributed by atoms with Crippen molar-refractivity contribution in [3.05, 3.63) is 0 Å². The van der Waals surface area contributed by atoms with E-state index in [0.717, 1.165) is 12.3 Å². The predicted molar refractivity (Wildman–Crippen MR) is 57.9 cm³/mol. The number of likely N-dealkylation sites (tertiary alicyclic amines) is 1. The predicted octanol–water partition coefficient (Wildman–Crippen LogP) is 1.17. The first kappa shape index (κ1) is 11.5. The molecule has 0 saturated carbocycles. The van der Waals surface area contributed by atoms with Gasteiger partial charge in [0.1, 0.15) is 0 Å². The molecule has 3 heteroatoms. The standard InChI is InChI=1S/C11H21N3/c1-13(2)11(5-4-7-12)10-6-8-14(3)9-10/h10-11H,4-6,8-9H2,1-3H3. The van der Waals surface area contributed by atoms with Crippen LogP contribution in [-0.2, 0) is 0 Å². The molecule has 1 saturated heterocycles. The van der Waals surface area contributed by atoms with Gasteiger partial charge in [0.05, 0.1) is 6.07 Å². The molecule has 80 valence electrons. The lowest BCUT2D eigenvalue weighted by Crippen LogP contribution is -2.36. The van der Waals surface area contributed by atoms with Crippen molar-refractivity contribution in [3.63, 3.8) is 0 Å². The highest BCUT2D eigenvalue weighted by molar-refractivity contribution is 4.86. The topological polar surface area (TPSA) is 30.3 Å². The summed E-state index contributed by atoms with van der Waals surface area (Å²) in [6.45, 7) is 2.40. The molecule has 3 nitrogen and oxygen atoms in total. The maximum Gasteiger partial charge on any atom is 0.0622 e. The molecule has 0 aliphatic carbocycles. The van der Waals surface area contributed by atoms with Crippen LogP contribution >= 0.6 is 0 Å². The Balaban J connectivity index is 2.46. The van der Waals surface area contributed by atoms with Gasteiger partial charge in [0, 0.05) is 19.0 Å². The van der Waals surface area contributed by atoms with E-state index in [0.29, 0.717) is 12.5 Å². The molecule has 0 aromatic carbocycles. The second kappa shape index (κ2) is 5.33. The number of nitrogens with zero attached hydrogens (tertiary/aromatic N) is 3. The van der Waals surface area contributed by atoms with Crippen LogP contribution in [-0.4, -0.2) is 50.1 Å². The summed E-state index contributed by atoms with van der Waals surface area (Å²) in [5.74, 6) is 0.753. The van der Waals surface area contributed by atoms with Gasteiger partial charge in [-0.25, -0.2) is 0 Å². The summed E-state index contributed by atoms with van der Waals surface area (Å²) in [6, 6.07) is 2.83. The second-order valence-electron chi connectivity index (χ2n) is 4.54. The third-order valence-electron chi connectivity index (χ3n) is 3.19. The minimum Gasteiger partial charge on any atom is -0.306 e. The van der Waals surface area contributed by atoms with Gasteiger partial charge in [-0.3, -0.25) is 0 Å². The average molecular weight is 195 g/mol. The Kier molecular flexibility index (Phi) is 4.37. The van der Waals surface area contributed by atoms with Gasteiger partial charge in [0.25, 0.3) is 0 Å². The molecule has 1 rings (SSSR count). The number of nitriles is 1. The van der Waals surface area contributed by atoms with Crippen molar-refractivity contribution in [3.8, 4) is 6.07 Å². The molecule has 0 radical (unpaired) electrons. The Hall–Kier alpha value is -0.590. The van der Waals surface area contributed by atoms with Gasteiger partial charge < -0.3 is 9.80 Å². The van der Waals surface area contributed by atoms with E-state index in [1.54, 1.807) is 0 Å². The highest BCUT2D eigenvalue weighted by atomic mass is 15.2. The maximum atomic E-state index is 8.61. The molecule has 0 N–H and O–H groups in total. The summed E-state index contributed by atoms with van der Waals surface area (Å²) >= 11 is 0. The van der Waals surface area contributed by atoms with Crippen LogP contribution in [0.5, 0.6) is 0 Å². The highest BCUT2D eigenvalue weighted by Gasteiger charge is 2.28. The first-order chi connectivity index (χ1) is 6.65. The van der Waals surface area contributed by atoms with Crippen molar-refractivity contribution in [2.24, 2.45) is 5.92 Å². The Bertz CT molecular complexity index is 207. The fourth-order valence-electron chi connectivity index (χ4n) is 2.41. The van der Waals surface area contributed by atoms with E-state index in [1.165, 1.54) is 19.5 Å². The van der Waals surface area contributed by atoms with Gasteiger partial charge in [0.15, 0.2) is 0 Å². The van der Waals surface area contributed by atoms with E-state index >= 15 is 0 Å². The van der Waals surface area contributed by atoms with Gasteiger partial charge in [-0.2, -0.15) is 5.26 Å². The van der Waals surface area contributed by atoms with Crippen LogP contribution in [0, 0.1) is 17.2 Å². The summed E-state index contributed by atoms with van der Waals surface area (Å²) < 4.78 is 0. The first-order valence-electron chi connectivity index (χ1n) is 5.37. The Morgan fingerprint density at radius 3 is 2.71 bits per heavy atom. The zero-order chi connectivity index (χ0) is 10.6. The Morgan fingerprint density at radius 2 is 2.29 bits per heavy atom. The van der Waals surface area contributed by atoms with Crippen LogP contribution in [0.1, 0.15) is 19.3 Å². The first-order valence-corrected chi connectivity index (χ1v) is 5.37. The third-order valence-corrected chi connectivity index (χ3v) is 3.19. The zero-order valence-corrected chi connectivity index (χ0v) is 9.53. The minimum absolute atomic E-state index is 0.583. The van der Waals surface area contributed by atoms with Crippen LogP contribution in [0.25, 0.3) is 0 Å². The van der Waals surface area contributed by atoms with Crippen molar-refractivity contribution < 1.29 is 0 Å². The van der Waals surface area contributed by atoms with Gasteiger partial charge >= 0.3 is 0 Å². The van der Waals surface area contributed by atoms with E-state index in [9.17, 15) is 0 Å². The van der Waals surface area contributed by atoms with Gasteiger partial charge in [0.2, 0.25) is 0 Å². The fraction of sp³-hybridized carbons (Fsp3) is 0.909. The van der Waals surface area contributed by atoms with Crippen LogP contribution in [0.3, 0.4) is 0 Å². The SMILES string of the molecule is CN1CCC(C(CCC#N)N(C)C)C1. The lowest BCUT2D eigenvalue weighted by Gasteiger charge is -2.29. The molecule has 0 bridgehead atoms. The van der Waals surface area contributed by atoms with E-state index in [2.05, 4.69) is 37.0 Å². The lowest BCUT2D eigenvalue weighted by molar-refractivity contribution is 0.200. The van der Waals surface area contributed by atoms with Gasteiger partial charge in [-0.05, 0) is 46.4 Å². The van der Waals surface area contributed by atoms with E-state index in [1.807, 2.05) is 0 Å². The quantitative estimate of drug-likeness (QED) is 0.674. The van der Waals surface area contributed by atoms with E-state index in [4.69, 9.17) is 5.26 Å². The largest absolute Gasteiger partial charge is 0.306 e. The van der Waals surface area contributed by atoms with Crippen molar-refractivity contribution >= 4 is 0 Å². The van der Waals surface area contributed by atoms with Crippen molar-refractivity contribution in [2.75, 3.05) is 34.2 Å². The summed E-state index contributed by atoms with van der Waals surface area (Å²) in [6.07, 6.45) is 2.98. The van der Waals surface area contributed by atoms with Crippen LogP contribution in [0.15, 0.2) is 0 Å². The van der Waals surface area contributed by atoms with Crippen LogP contribution < -0.4 is 0 Å². The smallest absolute Gasteiger partial charge is 0.0622 e. The maximum absolute atomic E-state index is 8.61. The van der Waals surface area contributed by atoms with Crippen LogP contribution in [0.4, 0.5) is 0 Å². The minimum atomic E-state index is 0.583. The fourth-order valence-corrected chi connectivity index (χ4v) is 2.41. The molecular weight excluding hydrogens is 174 g/mol. The molecule has 14 heavy (non-hydrogen) atoms. The molecule has 0 amide bonds. The molecule has 1 heterocycles. The second-order valence-corrected chi connectivity index (χ2v) is 4.54. The van der Waals surface area contributed by atoms with Gasteiger partial charge in [-0.15, -0.1) is 0 Å². The number of rotatable bonds is 4. The Morgan fingerprint density at radius 1 is 1.57 bits per heavy atom. The normalized spacial score (nSPS) is 25.2. The highest BCUT2D eigenvalue weighted by Crippen LogP contribution is 2.23. The molecular formula is C11H21N3. The molecule has 1 fully saturated rings. The van der Waals surface area contributed by atoms with Gasteiger partial charge in [-0.1, -0.05) is 0 Å². The molecule has 1 aliphatic rings. The molecule has 0 aromatic rings. The molecule has 2 atom stereocenters. The summed E-state index contributed by atoms with van der Waals surface area (Å²) in [4.78, 5) is 4.66. The van der Waals surface area contributed by atoms with E-state index < -0.39 is 0 Å². The summed E-state index contributed by atoms with van der Waals surface area (Å²) in [7, 11) is 6.43. The van der Waals surface area contributed by atoms with Crippen molar-refractivity contribution in [1.82, 2.24) is 9.80 Å². The zero-order valence-electron chi connectivity index (χ0n) is 9.53. The summed E-state index contributed by atoms with van der Waals surface area (Å²) in [5.41, 5.74) is 0. The number of hydrogen-bond donors (Lipinski definition) is 0. The van der Waals surface area contributed by atoms with Crippen molar-refractivity contribution in [1.29, 1.82) is 5.26 Å². The molecule has 1 aliphatic heterocycles. The van der Waals surface area contributed by atoms with E-state index in [-0.39, 0.29) is 0 Å². The molecule has 2 unspecified atom stereocenters. The van der Waals surface area contributed by atoms with Crippen molar-refractivity contribution in [2.45, 2.75) is 25.3 Å². The molecule has 0 aromatic heterocycles. The molecule has 0 spiro atoms. The average Bonchev–Trinajstić information content (AvgIpc) is 2.52. The number of hydrogen-bond acceptors (Lipinski definition) is 3. The Labute approximate surface area is 87.3 Å². The lowest BCUT2D eigenvalue weighted by atomic mass is 9.94. The third kappa shape index (κ3) is 2.97. The summed E-state index contributed by atoms with van der Waals surface area (Å²) in [5, 5.41) is 8.61. The van der Waals surface area contributed by atoms with Crippen LogP contribution in [0.2, 0.25) is 0 Å². The monoisotopic (exact) mass is 195 g/mol.